The molecule has 3 heteroatoms. The number of nitrogens with zero attached hydrogens (tertiary/aromatic N) is 1. The minimum Gasteiger partial charge on any atom is -0.395 e. The van der Waals surface area contributed by atoms with Crippen LogP contribution in [0.5, 0.6) is 0 Å². The highest BCUT2D eigenvalue weighted by Gasteiger charge is 2.30. The lowest BCUT2D eigenvalue weighted by Crippen LogP contribution is -2.44. The van der Waals surface area contributed by atoms with E-state index in [4.69, 9.17) is 10.8 Å². The van der Waals surface area contributed by atoms with E-state index in [9.17, 15) is 0 Å². The average Bonchev–Trinajstić information content (AvgIpc) is 2.30. The van der Waals surface area contributed by atoms with Crippen LogP contribution in [0.15, 0.2) is 0 Å². The fraction of sp³-hybridized carbons (Fsp3) is 1.00. The van der Waals surface area contributed by atoms with Crippen molar-refractivity contribution in [3.8, 4) is 0 Å². The number of aliphatic hydroxyl groups is 1. The molecule has 1 rings (SSSR count). The van der Waals surface area contributed by atoms with Gasteiger partial charge in [-0.2, -0.15) is 0 Å². The molecule has 0 radical (unpaired) electrons. The van der Waals surface area contributed by atoms with Crippen LogP contribution in [-0.4, -0.2) is 42.3 Å². The van der Waals surface area contributed by atoms with Crippen LogP contribution in [0, 0.1) is 17.8 Å². The molecule has 1 saturated carbocycles. The summed E-state index contributed by atoms with van der Waals surface area (Å²) in [5, 5.41) is 9.03. The summed E-state index contributed by atoms with van der Waals surface area (Å²) < 4.78 is 0. The van der Waals surface area contributed by atoms with Crippen LogP contribution in [0.1, 0.15) is 40.0 Å². The van der Waals surface area contributed by atoms with Crippen LogP contribution in [0.25, 0.3) is 0 Å². The Hall–Kier alpha value is -0.120. The first-order chi connectivity index (χ1) is 8.08. The van der Waals surface area contributed by atoms with Crippen molar-refractivity contribution in [2.45, 2.75) is 46.1 Å². The van der Waals surface area contributed by atoms with Crippen LogP contribution in [0.2, 0.25) is 0 Å². The molecule has 1 fully saturated rings. The molecule has 3 N–H and O–H groups in total. The van der Waals surface area contributed by atoms with Gasteiger partial charge < -0.3 is 15.7 Å². The first-order valence-electron chi connectivity index (χ1n) is 7.17. The standard InChI is InChI=1S/C14H30N2O/c1-4-16(7-8-17)10-13-9-12(11(2)3)5-6-14(13)15/h11-14,17H,4-10,15H2,1-3H3. The topological polar surface area (TPSA) is 49.5 Å². The van der Waals surface area contributed by atoms with Gasteiger partial charge in [-0.1, -0.05) is 20.8 Å². The number of hydrogen-bond donors (Lipinski definition) is 2. The summed E-state index contributed by atoms with van der Waals surface area (Å²) >= 11 is 0. The zero-order valence-corrected chi connectivity index (χ0v) is 11.7. The monoisotopic (exact) mass is 242 g/mol. The minimum atomic E-state index is 0.253. The lowest BCUT2D eigenvalue weighted by atomic mass is 9.74. The molecule has 3 atom stereocenters. The van der Waals surface area contributed by atoms with E-state index in [0.29, 0.717) is 12.0 Å². The Morgan fingerprint density at radius 3 is 2.59 bits per heavy atom. The van der Waals surface area contributed by atoms with Gasteiger partial charge in [0.1, 0.15) is 0 Å². The molecular formula is C14H30N2O. The highest BCUT2D eigenvalue weighted by Crippen LogP contribution is 2.33. The largest absolute Gasteiger partial charge is 0.395 e. The third-order valence-corrected chi connectivity index (χ3v) is 4.38. The summed E-state index contributed by atoms with van der Waals surface area (Å²) in [7, 11) is 0. The van der Waals surface area contributed by atoms with Gasteiger partial charge in [0.2, 0.25) is 0 Å². The zero-order chi connectivity index (χ0) is 12.8. The van der Waals surface area contributed by atoms with E-state index in [1.807, 2.05) is 0 Å². The first-order valence-corrected chi connectivity index (χ1v) is 7.17. The Morgan fingerprint density at radius 2 is 2.06 bits per heavy atom. The summed E-state index contributed by atoms with van der Waals surface area (Å²) in [5.74, 6) is 2.23. The quantitative estimate of drug-likeness (QED) is 0.745. The molecule has 0 aromatic carbocycles. The molecule has 1 aliphatic rings. The molecule has 0 aromatic heterocycles. The molecule has 1 aliphatic carbocycles. The van der Waals surface area contributed by atoms with Crippen molar-refractivity contribution in [1.82, 2.24) is 4.90 Å². The second-order valence-corrected chi connectivity index (χ2v) is 5.86. The lowest BCUT2D eigenvalue weighted by Gasteiger charge is -2.38. The van der Waals surface area contributed by atoms with E-state index >= 15 is 0 Å². The highest BCUT2D eigenvalue weighted by molar-refractivity contribution is 4.85. The summed E-state index contributed by atoms with van der Waals surface area (Å²) in [6.45, 7) is 9.91. The summed E-state index contributed by atoms with van der Waals surface area (Å²) in [6.07, 6.45) is 3.73. The molecule has 0 bridgehead atoms. The molecule has 3 nitrogen and oxygen atoms in total. The summed E-state index contributed by atoms with van der Waals surface area (Å²) in [5.41, 5.74) is 6.25. The average molecular weight is 242 g/mol. The Morgan fingerprint density at radius 1 is 1.35 bits per heavy atom. The van der Waals surface area contributed by atoms with Crippen LogP contribution >= 0.6 is 0 Å². The molecule has 3 unspecified atom stereocenters. The van der Waals surface area contributed by atoms with Crippen molar-refractivity contribution < 1.29 is 5.11 Å². The highest BCUT2D eigenvalue weighted by atomic mass is 16.3. The Labute approximate surface area is 106 Å². The minimum absolute atomic E-state index is 0.253. The second-order valence-electron chi connectivity index (χ2n) is 5.86. The van der Waals surface area contributed by atoms with Gasteiger partial charge in [-0.3, -0.25) is 0 Å². The molecule has 0 amide bonds. The van der Waals surface area contributed by atoms with E-state index in [1.54, 1.807) is 0 Å². The first kappa shape index (κ1) is 14.9. The Balaban J connectivity index is 2.48. The SMILES string of the molecule is CCN(CCO)CC1CC(C(C)C)CCC1N. The maximum atomic E-state index is 9.03. The molecule has 102 valence electrons. The van der Waals surface area contributed by atoms with E-state index in [0.717, 1.165) is 31.5 Å². The molecule has 17 heavy (non-hydrogen) atoms. The molecule has 0 aliphatic heterocycles. The lowest BCUT2D eigenvalue weighted by molar-refractivity contribution is 0.124. The Bertz CT molecular complexity index is 208. The molecule has 0 spiro atoms. The summed E-state index contributed by atoms with van der Waals surface area (Å²) in [4.78, 5) is 2.33. The van der Waals surface area contributed by atoms with Gasteiger partial charge in [0.15, 0.2) is 0 Å². The van der Waals surface area contributed by atoms with Crippen molar-refractivity contribution in [1.29, 1.82) is 0 Å². The fourth-order valence-corrected chi connectivity index (χ4v) is 2.99. The van der Waals surface area contributed by atoms with E-state index in [-0.39, 0.29) is 6.61 Å². The number of likely N-dealkylation sites (N-methyl/N-ethyl adjacent to an activating group) is 1. The van der Waals surface area contributed by atoms with Gasteiger partial charge in [0.25, 0.3) is 0 Å². The normalized spacial score (nSPS) is 30.2. The number of nitrogens with two attached hydrogens (primary N) is 1. The maximum absolute atomic E-state index is 9.03. The second kappa shape index (κ2) is 7.34. The van der Waals surface area contributed by atoms with Crippen LogP contribution in [0.3, 0.4) is 0 Å². The predicted octanol–water partition coefficient (Wildman–Crippen LogP) is 1.70. The number of aliphatic hydroxyl groups excluding tert-OH is 1. The van der Waals surface area contributed by atoms with Crippen molar-refractivity contribution in [2.24, 2.45) is 23.5 Å². The maximum Gasteiger partial charge on any atom is 0.0558 e. The van der Waals surface area contributed by atoms with Gasteiger partial charge in [-0.05, 0) is 43.6 Å². The smallest absolute Gasteiger partial charge is 0.0558 e. The zero-order valence-electron chi connectivity index (χ0n) is 11.7. The van der Waals surface area contributed by atoms with E-state index < -0.39 is 0 Å². The van der Waals surface area contributed by atoms with Gasteiger partial charge in [-0.25, -0.2) is 0 Å². The van der Waals surface area contributed by atoms with Crippen LogP contribution in [-0.2, 0) is 0 Å². The van der Waals surface area contributed by atoms with Gasteiger partial charge >= 0.3 is 0 Å². The van der Waals surface area contributed by atoms with E-state index in [1.165, 1.54) is 19.3 Å². The summed E-state index contributed by atoms with van der Waals surface area (Å²) in [6, 6.07) is 0.359. The molecule has 0 aromatic rings. The number of rotatable bonds is 6. The fourth-order valence-electron chi connectivity index (χ4n) is 2.99. The predicted molar refractivity (Wildman–Crippen MR) is 72.8 cm³/mol. The third-order valence-electron chi connectivity index (χ3n) is 4.38. The number of hydrogen-bond acceptors (Lipinski definition) is 3. The third kappa shape index (κ3) is 4.57. The van der Waals surface area contributed by atoms with Gasteiger partial charge in [-0.15, -0.1) is 0 Å². The van der Waals surface area contributed by atoms with Gasteiger partial charge in [0.05, 0.1) is 6.61 Å². The van der Waals surface area contributed by atoms with Crippen molar-refractivity contribution in [3.63, 3.8) is 0 Å². The van der Waals surface area contributed by atoms with Crippen molar-refractivity contribution in [2.75, 3.05) is 26.2 Å². The van der Waals surface area contributed by atoms with E-state index in [2.05, 4.69) is 25.7 Å². The van der Waals surface area contributed by atoms with Crippen LogP contribution < -0.4 is 5.73 Å². The Kier molecular flexibility index (Phi) is 6.45. The molecular weight excluding hydrogens is 212 g/mol. The van der Waals surface area contributed by atoms with Crippen molar-refractivity contribution in [3.05, 3.63) is 0 Å². The van der Waals surface area contributed by atoms with Gasteiger partial charge in [0, 0.05) is 19.1 Å². The molecule has 0 saturated heterocycles. The molecule has 0 heterocycles. The van der Waals surface area contributed by atoms with Crippen molar-refractivity contribution >= 4 is 0 Å². The van der Waals surface area contributed by atoms with Crippen LogP contribution in [0.4, 0.5) is 0 Å².